The molecular formula is C64H42N2O3. The van der Waals surface area contributed by atoms with Crippen molar-refractivity contribution in [1.82, 2.24) is 0 Å². The van der Waals surface area contributed by atoms with Crippen LogP contribution in [0.25, 0.3) is 66.4 Å². The molecule has 0 fully saturated rings. The van der Waals surface area contributed by atoms with Gasteiger partial charge in [-0.25, -0.2) is 0 Å². The smallest absolute Gasteiger partial charge is 0.151 e. The van der Waals surface area contributed by atoms with Gasteiger partial charge in [-0.15, -0.1) is 0 Å². The maximum absolute atomic E-state index is 6.93. The first-order chi connectivity index (χ1) is 34.2. The molecule has 69 heavy (non-hydrogen) atoms. The van der Waals surface area contributed by atoms with Crippen molar-refractivity contribution in [2.75, 3.05) is 9.80 Å². The summed E-state index contributed by atoms with van der Waals surface area (Å²) in [6.07, 6.45) is -0.284. The van der Waals surface area contributed by atoms with Crippen LogP contribution in [0.2, 0.25) is 0 Å². The van der Waals surface area contributed by atoms with Crippen molar-refractivity contribution in [3.05, 3.63) is 253 Å². The lowest BCUT2D eigenvalue weighted by Gasteiger charge is -2.28. The summed E-state index contributed by atoms with van der Waals surface area (Å²) in [6.45, 7) is 0. The summed E-state index contributed by atoms with van der Waals surface area (Å²) in [5.74, 6) is 1.90. The first-order valence-electron chi connectivity index (χ1n) is 23.8. The molecule has 10 aromatic carbocycles. The molecule has 5 heteroatoms. The number of benzene rings is 10. The zero-order chi connectivity index (χ0) is 45.2. The average Bonchev–Trinajstić information content (AvgIpc) is 4.23. The minimum atomic E-state index is -0.176. The van der Waals surface area contributed by atoms with Gasteiger partial charge in [-0.1, -0.05) is 140 Å². The fraction of sp³-hybridized carbons (Fsp3) is 0.0625. The van der Waals surface area contributed by atoms with Crippen LogP contribution in [-0.2, 0) is 0 Å². The second kappa shape index (κ2) is 14.9. The van der Waals surface area contributed by atoms with Gasteiger partial charge >= 0.3 is 0 Å². The summed E-state index contributed by atoms with van der Waals surface area (Å²) in [5, 5.41) is 2.18. The molecule has 4 aliphatic heterocycles. The Morgan fingerprint density at radius 3 is 1.22 bits per heavy atom. The van der Waals surface area contributed by atoms with Crippen LogP contribution < -0.4 is 19.3 Å². The minimum Gasteiger partial charge on any atom is -0.483 e. The summed E-state index contributed by atoms with van der Waals surface area (Å²) >= 11 is 0. The number of rotatable bonds is 6. The van der Waals surface area contributed by atoms with E-state index in [-0.39, 0.29) is 24.3 Å². The van der Waals surface area contributed by atoms with E-state index in [2.05, 4.69) is 240 Å². The lowest BCUT2D eigenvalue weighted by atomic mass is 9.96. The van der Waals surface area contributed by atoms with Gasteiger partial charge in [-0.2, -0.15) is 0 Å². The maximum Gasteiger partial charge on any atom is 0.151 e. The fourth-order valence-electron chi connectivity index (χ4n) is 11.7. The third-order valence-electron chi connectivity index (χ3n) is 14.9. The van der Waals surface area contributed by atoms with Crippen molar-refractivity contribution >= 4 is 44.7 Å². The number of nitrogens with zero attached hydrogens (tertiary/aromatic N) is 2. The van der Waals surface area contributed by atoms with Crippen LogP contribution in [0.1, 0.15) is 46.5 Å². The maximum atomic E-state index is 6.93. The van der Waals surface area contributed by atoms with E-state index in [4.69, 9.17) is 13.9 Å². The Bertz CT molecular complexity index is 3790. The highest BCUT2D eigenvalue weighted by Gasteiger charge is 2.49. The quantitative estimate of drug-likeness (QED) is 0.166. The van der Waals surface area contributed by atoms with Crippen LogP contribution in [0.3, 0.4) is 0 Å². The Labute approximate surface area is 399 Å². The zero-order valence-corrected chi connectivity index (χ0v) is 37.4. The molecule has 11 aromatic rings. The highest BCUT2D eigenvalue weighted by atomic mass is 16.5. The van der Waals surface area contributed by atoms with E-state index < -0.39 is 0 Å². The Morgan fingerprint density at radius 1 is 0.290 bits per heavy atom. The molecule has 0 saturated heterocycles. The van der Waals surface area contributed by atoms with E-state index >= 15 is 0 Å². The van der Waals surface area contributed by atoms with E-state index in [9.17, 15) is 0 Å². The lowest BCUT2D eigenvalue weighted by Crippen LogP contribution is -2.20. The van der Waals surface area contributed by atoms with Gasteiger partial charge < -0.3 is 23.7 Å². The van der Waals surface area contributed by atoms with Crippen molar-refractivity contribution in [2.24, 2.45) is 0 Å². The van der Waals surface area contributed by atoms with Crippen molar-refractivity contribution in [3.8, 4) is 56.0 Å². The molecule has 0 N–H and O–H groups in total. The highest BCUT2D eigenvalue weighted by Crippen LogP contribution is 2.61. The third-order valence-corrected chi connectivity index (χ3v) is 14.9. The number of anilines is 4. The molecule has 0 saturated carbocycles. The number of ether oxygens (including phenoxy) is 2. The SMILES string of the molecule is c1ccc(-c2cc(-c3ccccc3)cc(N3c4ccc(-c5ccc6oc7ccc(-c8ccc9c(c8)C8Oc%10ccccc%10C8N9c8ccccc8)cc7c6c5)cc4C4Oc5ccccc5C43)c2)cc1. The van der Waals surface area contributed by atoms with Gasteiger partial charge in [-0.05, 0) is 136 Å². The van der Waals surface area contributed by atoms with E-state index in [0.29, 0.717) is 0 Å². The second-order valence-electron chi connectivity index (χ2n) is 18.7. The summed E-state index contributed by atoms with van der Waals surface area (Å²) in [4.78, 5) is 4.96. The van der Waals surface area contributed by atoms with Gasteiger partial charge in [-0.3, -0.25) is 0 Å². The molecule has 5 nitrogen and oxygen atoms in total. The van der Waals surface area contributed by atoms with E-state index in [0.717, 1.165) is 72.8 Å². The van der Waals surface area contributed by atoms with Crippen LogP contribution >= 0.6 is 0 Å². The number of fused-ring (bicyclic) bond motifs is 13. The molecule has 0 spiro atoms. The van der Waals surface area contributed by atoms with Crippen molar-refractivity contribution in [3.63, 3.8) is 0 Å². The molecule has 15 rings (SSSR count). The molecule has 4 unspecified atom stereocenters. The molecule has 5 heterocycles. The molecule has 0 bridgehead atoms. The van der Waals surface area contributed by atoms with Crippen LogP contribution in [0.15, 0.2) is 235 Å². The molecule has 4 atom stereocenters. The first kappa shape index (κ1) is 38.3. The van der Waals surface area contributed by atoms with Gasteiger partial charge in [0, 0.05) is 55.8 Å². The van der Waals surface area contributed by atoms with E-state index in [1.165, 1.54) is 50.2 Å². The molecule has 4 aliphatic rings. The van der Waals surface area contributed by atoms with Crippen molar-refractivity contribution in [2.45, 2.75) is 24.3 Å². The highest BCUT2D eigenvalue weighted by molar-refractivity contribution is 6.08. The minimum absolute atomic E-state index is 0.0260. The molecular weight excluding hydrogens is 845 g/mol. The zero-order valence-electron chi connectivity index (χ0n) is 37.4. The van der Waals surface area contributed by atoms with Gasteiger partial charge in [0.15, 0.2) is 12.2 Å². The normalized spacial score (nSPS) is 18.0. The Balaban J connectivity index is 0.820. The van der Waals surface area contributed by atoms with E-state index in [1.54, 1.807) is 0 Å². The fourth-order valence-corrected chi connectivity index (χ4v) is 11.7. The summed E-state index contributed by atoms with van der Waals surface area (Å²) in [7, 11) is 0. The van der Waals surface area contributed by atoms with Gasteiger partial charge in [0.2, 0.25) is 0 Å². The number of para-hydroxylation sites is 3. The van der Waals surface area contributed by atoms with Gasteiger partial charge in [0.1, 0.15) is 34.7 Å². The first-order valence-corrected chi connectivity index (χ1v) is 23.8. The van der Waals surface area contributed by atoms with Crippen LogP contribution in [0.4, 0.5) is 22.7 Å². The standard InChI is InChI=1S/C64H42N2O3/c1-4-14-39(15-5-1)45-32-46(40-16-6-2-7-17-40)34-48(33-45)66-56-29-25-42(38-54(56)64-62(66)50-21-11-13-23-58(50)69-64)44-27-31-60-52(36-44)51-35-43(26-30-59(51)67-60)41-24-28-55-53(37-41)63-61(49-20-10-12-22-57(49)68-63)65(55)47-18-8-3-9-19-47/h1-38,61-64H. The Kier molecular flexibility index (Phi) is 8.25. The average molecular weight is 887 g/mol. The second-order valence-corrected chi connectivity index (χ2v) is 18.7. The van der Waals surface area contributed by atoms with Crippen LogP contribution in [-0.4, -0.2) is 0 Å². The molecule has 0 aliphatic carbocycles. The van der Waals surface area contributed by atoms with Crippen molar-refractivity contribution in [1.29, 1.82) is 0 Å². The predicted octanol–water partition coefficient (Wildman–Crippen LogP) is 16.9. The third kappa shape index (κ3) is 5.90. The Hall–Kier alpha value is -8.80. The topological polar surface area (TPSA) is 38.1 Å². The predicted molar refractivity (Wildman–Crippen MR) is 278 cm³/mol. The van der Waals surface area contributed by atoms with Gasteiger partial charge in [0.05, 0.1) is 0 Å². The van der Waals surface area contributed by atoms with Crippen LogP contribution in [0, 0.1) is 0 Å². The lowest BCUT2D eigenvalue weighted by molar-refractivity contribution is 0.223. The molecule has 0 amide bonds. The molecule has 1 aromatic heterocycles. The van der Waals surface area contributed by atoms with Gasteiger partial charge in [0.25, 0.3) is 0 Å². The van der Waals surface area contributed by atoms with Crippen LogP contribution in [0.5, 0.6) is 11.5 Å². The summed E-state index contributed by atoms with van der Waals surface area (Å²) < 4.78 is 20.2. The number of hydrogen-bond acceptors (Lipinski definition) is 5. The molecule has 326 valence electrons. The van der Waals surface area contributed by atoms with Crippen molar-refractivity contribution < 1.29 is 13.9 Å². The summed E-state index contributed by atoms with van der Waals surface area (Å²) in [6, 6.07) is 83.1. The Morgan fingerprint density at radius 2 is 0.710 bits per heavy atom. The number of hydrogen-bond donors (Lipinski definition) is 0. The monoisotopic (exact) mass is 886 g/mol. The van der Waals surface area contributed by atoms with E-state index in [1.807, 2.05) is 0 Å². The largest absolute Gasteiger partial charge is 0.483 e. The summed E-state index contributed by atoms with van der Waals surface area (Å²) in [5.41, 5.74) is 20.5. The number of furan rings is 1. The molecule has 0 radical (unpaired) electrons.